The van der Waals surface area contributed by atoms with Crippen LogP contribution in [0.15, 0.2) is 88.6 Å². The molecule has 0 aliphatic heterocycles. The van der Waals surface area contributed by atoms with Gasteiger partial charge in [-0.25, -0.2) is 0 Å². The number of rotatable bonds is 6. The Bertz CT molecular complexity index is 1260. The van der Waals surface area contributed by atoms with E-state index in [1.54, 1.807) is 26.4 Å². The Morgan fingerprint density at radius 2 is 1.94 bits per heavy atom. The predicted molar refractivity (Wildman–Crippen MR) is 132 cm³/mol. The molecule has 1 aromatic heterocycles. The molecule has 1 aliphatic rings. The quantitative estimate of drug-likeness (QED) is 0.289. The van der Waals surface area contributed by atoms with Gasteiger partial charge in [-0.2, -0.15) is 0 Å². The molecule has 32 heavy (non-hydrogen) atoms. The number of halogens is 1. The lowest BCUT2D eigenvalue weighted by molar-refractivity contribution is 0.104. The molecule has 3 aromatic rings. The van der Waals surface area contributed by atoms with Crippen molar-refractivity contribution >= 4 is 32.6 Å². The van der Waals surface area contributed by atoms with Crippen LogP contribution in [0.5, 0.6) is 0 Å². The van der Waals surface area contributed by atoms with Crippen molar-refractivity contribution < 1.29 is 14.3 Å². The van der Waals surface area contributed by atoms with Gasteiger partial charge in [-0.3, -0.25) is 9.78 Å². The second-order valence-corrected chi connectivity index (χ2v) is 8.49. The smallest absolute Gasteiger partial charge is 0.188 e. The zero-order chi connectivity index (χ0) is 22.7. The molecule has 0 saturated heterocycles. The minimum Gasteiger partial charge on any atom is -0.496 e. The molecule has 0 N–H and O–H groups in total. The highest BCUT2D eigenvalue weighted by Crippen LogP contribution is 2.35. The molecule has 1 heterocycles. The number of aromatic nitrogens is 1. The number of nitrogens with zero attached hydrogens (tertiary/aromatic N) is 1. The Morgan fingerprint density at radius 3 is 2.66 bits per heavy atom. The average Bonchev–Trinajstić information content (AvgIpc) is 2.82. The van der Waals surface area contributed by atoms with Crippen molar-refractivity contribution in [2.45, 2.75) is 19.4 Å². The first-order valence-electron chi connectivity index (χ1n) is 10.4. The molecule has 0 radical (unpaired) electrons. The van der Waals surface area contributed by atoms with Crippen LogP contribution in [-0.4, -0.2) is 31.1 Å². The summed E-state index contributed by atoms with van der Waals surface area (Å²) in [5.41, 5.74) is 4.84. The molecular weight excluding hydrogens is 466 g/mol. The van der Waals surface area contributed by atoms with Gasteiger partial charge in [0.1, 0.15) is 5.76 Å². The van der Waals surface area contributed by atoms with E-state index < -0.39 is 0 Å². The monoisotopic (exact) mass is 489 g/mol. The van der Waals surface area contributed by atoms with Crippen LogP contribution >= 0.6 is 15.9 Å². The third-order valence-corrected chi connectivity index (χ3v) is 6.05. The lowest BCUT2D eigenvalue weighted by atomic mass is 9.91. The molecule has 4 rings (SSSR count). The van der Waals surface area contributed by atoms with Crippen molar-refractivity contribution in [2.24, 2.45) is 0 Å². The molecule has 0 bridgehead atoms. The number of allylic oxidation sites excluding steroid dienone is 2. The number of fused-ring (bicyclic) bond motifs is 1. The Balaban J connectivity index is 1.84. The lowest BCUT2D eigenvalue weighted by Gasteiger charge is -2.18. The summed E-state index contributed by atoms with van der Waals surface area (Å²) in [4.78, 5) is 18.2. The zero-order valence-electron chi connectivity index (χ0n) is 18.3. The van der Waals surface area contributed by atoms with E-state index in [1.807, 2.05) is 67.6 Å². The van der Waals surface area contributed by atoms with Crippen LogP contribution in [0.3, 0.4) is 0 Å². The number of benzene rings is 2. The van der Waals surface area contributed by atoms with E-state index in [0.717, 1.165) is 44.3 Å². The number of pyridine rings is 1. The molecule has 1 atom stereocenters. The minimum absolute atomic E-state index is 0.0371. The Kier molecular flexibility index (Phi) is 6.68. The highest BCUT2D eigenvalue weighted by molar-refractivity contribution is 9.10. The van der Waals surface area contributed by atoms with Crippen LogP contribution in [0.25, 0.3) is 22.0 Å². The normalized spacial score (nSPS) is 16.2. The summed E-state index contributed by atoms with van der Waals surface area (Å²) in [6.45, 7) is 1.89. The number of hydrogen-bond acceptors (Lipinski definition) is 4. The van der Waals surface area contributed by atoms with Crippen LogP contribution in [0.1, 0.15) is 22.5 Å². The van der Waals surface area contributed by atoms with Gasteiger partial charge in [-0.15, -0.1) is 0 Å². The molecule has 5 heteroatoms. The van der Waals surface area contributed by atoms with Crippen molar-refractivity contribution in [1.29, 1.82) is 0 Å². The molecule has 162 valence electrons. The topological polar surface area (TPSA) is 48.4 Å². The Labute approximate surface area is 196 Å². The van der Waals surface area contributed by atoms with Gasteiger partial charge in [0.2, 0.25) is 0 Å². The first-order chi connectivity index (χ1) is 15.5. The number of carbonyl (C=O) groups excluding carboxylic acids is 1. The van der Waals surface area contributed by atoms with Gasteiger partial charge in [-0.05, 0) is 61.4 Å². The number of hydrogen-bond donors (Lipinski definition) is 0. The maximum Gasteiger partial charge on any atom is 0.188 e. The molecule has 1 aliphatic carbocycles. The van der Waals surface area contributed by atoms with Gasteiger partial charge in [0.05, 0.1) is 24.3 Å². The van der Waals surface area contributed by atoms with Gasteiger partial charge in [0, 0.05) is 33.8 Å². The van der Waals surface area contributed by atoms with E-state index in [9.17, 15) is 4.79 Å². The van der Waals surface area contributed by atoms with E-state index in [2.05, 4.69) is 15.9 Å². The highest BCUT2D eigenvalue weighted by Gasteiger charge is 2.20. The van der Waals surface area contributed by atoms with Crippen molar-refractivity contribution in [3.8, 4) is 11.1 Å². The fourth-order valence-corrected chi connectivity index (χ4v) is 4.37. The first kappa shape index (κ1) is 22.2. The lowest BCUT2D eigenvalue weighted by Crippen LogP contribution is -2.12. The van der Waals surface area contributed by atoms with E-state index in [1.165, 1.54) is 0 Å². The fraction of sp³-hybridized carbons (Fsp3) is 0.185. The van der Waals surface area contributed by atoms with Crippen molar-refractivity contribution in [3.63, 3.8) is 0 Å². The van der Waals surface area contributed by atoms with E-state index in [0.29, 0.717) is 11.3 Å². The van der Waals surface area contributed by atoms with Crippen molar-refractivity contribution in [3.05, 3.63) is 99.9 Å². The summed E-state index contributed by atoms with van der Waals surface area (Å²) in [6, 6.07) is 15.9. The number of carbonyl (C=O) groups is 1. The predicted octanol–water partition coefficient (Wildman–Crippen LogP) is 6.59. The van der Waals surface area contributed by atoms with Gasteiger partial charge in [0.25, 0.3) is 0 Å². The van der Waals surface area contributed by atoms with Crippen molar-refractivity contribution in [2.75, 3.05) is 14.2 Å². The molecule has 0 spiro atoms. The zero-order valence-corrected chi connectivity index (χ0v) is 19.8. The molecular formula is C27H24BrNO3. The summed E-state index contributed by atoms with van der Waals surface area (Å²) in [5.74, 6) is 0.634. The maximum atomic E-state index is 13.5. The van der Waals surface area contributed by atoms with Crippen LogP contribution in [-0.2, 0) is 9.47 Å². The summed E-state index contributed by atoms with van der Waals surface area (Å²) in [7, 11) is 3.30. The SMILES string of the molecule is COC1=CCC(OC)C=C1/C=C/C(=O)c1c(C)nc2ccc(Br)cc2c1-c1ccccc1. The minimum atomic E-state index is -0.105. The standard InChI is InChI=1S/C27H24BrNO3/c1-17-26(24(30)13-9-19-15-21(31-2)11-14-25(19)32-3)27(18-7-5-4-6-8-18)22-16-20(28)10-12-23(22)29-17/h4-10,12-16,21H,11H2,1-3H3/b13-9+. The van der Waals surface area contributed by atoms with Gasteiger partial charge in [0.15, 0.2) is 5.78 Å². The average molecular weight is 490 g/mol. The highest BCUT2D eigenvalue weighted by atomic mass is 79.9. The maximum absolute atomic E-state index is 13.5. The number of methoxy groups -OCH3 is 2. The summed E-state index contributed by atoms with van der Waals surface area (Å²) < 4.78 is 11.9. The van der Waals surface area contributed by atoms with Crippen LogP contribution in [0.2, 0.25) is 0 Å². The van der Waals surface area contributed by atoms with Crippen LogP contribution in [0, 0.1) is 6.92 Å². The van der Waals surface area contributed by atoms with Crippen LogP contribution in [0.4, 0.5) is 0 Å². The molecule has 0 amide bonds. The fourth-order valence-electron chi connectivity index (χ4n) is 4.01. The van der Waals surface area contributed by atoms with Gasteiger partial charge >= 0.3 is 0 Å². The van der Waals surface area contributed by atoms with Gasteiger partial charge < -0.3 is 9.47 Å². The molecule has 0 fully saturated rings. The van der Waals surface area contributed by atoms with Crippen molar-refractivity contribution in [1.82, 2.24) is 4.98 Å². The Morgan fingerprint density at radius 1 is 1.16 bits per heavy atom. The third kappa shape index (κ3) is 4.45. The Hall–Kier alpha value is -3.02. The molecule has 1 unspecified atom stereocenters. The largest absolute Gasteiger partial charge is 0.496 e. The number of aryl methyl sites for hydroxylation is 1. The summed E-state index contributed by atoms with van der Waals surface area (Å²) in [5, 5.41) is 0.932. The summed E-state index contributed by atoms with van der Waals surface area (Å²) >= 11 is 3.56. The number of ketones is 1. The second kappa shape index (κ2) is 9.63. The third-order valence-electron chi connectivity index (χ3n) is 5.56. The molecule has 2 aromatic carbocycles. The van der Waals surface area contributed by atoms with E-state index in [-0.39, 0.29) is 11.9 Å². The molecule has 4 nitrogen and oxygen atoms in total. The first-order valence-corrected chi connectivity index (χ1v) is 11.2. The number of ether oxygens (including phenoxy) is 2. The van der Waals surface area contributed by atoms with Gasteiger partial charge in [-0.1, -0.05) is 46.3 Å². The summed E-state index contributed by atoms with van der Waals surface area (Å²) in [6.07, 6.45) is 8.05. The van der Waals surface area contributed by atoms with E-state index in [4.69, 9.17) is 14.5 Å². The van der Waals surface area contributed by atoms with E-state index >= 15 is 0 Å². The second-order valence-electron chi connectivity index (χ2n) is 7.58. The van der Waals surface area contributed by atoms with Crippen LogP contribution < -0.4 is 0 Å². The molecule has 0 saturated carbocycles.